The molecule has 2 aromatic carbocycles. The average Bonchev–Trinajstić information content (AvgIpc) is 2.71. The van der Waals surface area contributed by atoms with Crippen LogP contribution in [0.2, 0.25) is 0 Å². The number of amides is 1. The first-order valence-corrected chi connectivity index (χ1v) is 9.21. The van der Waals surface area contributed by atoms with Crippen molar-refractivity contribution in [3.63, 3.8) is 0 Å². The highest BCUT2D eigenvalue weighted by Crippen LogP contribution is 2.24. The molecule has 0 unspecified atom stereocenters. The van der Waals surface area contributed by atoms with Crippen molar-refractivity contribution >= 4 is 34.7 Å². The first-order valence-electron chi connectivity index (χ1n) is 9.21. The fourth-order valence-corrected chi connectivity index (χ4v) is 2.59. The predicted octanol–water partition coefficient (Wildman–Crippen LogP) is 4.80. The minimum atomic E-state index is -0.263. The van der Waals surface area contributed by atoms with Gasteiger partial charge < -0.3 is 20.7 Å². The van der Waals surface area contributed by atoms with Gasteiger partial charge in [0.15, 0.2) is 0 Å². The summed E-state index contributed by atoms with van der Waals surface area (Å²) >= 11 is 0. The first kappa shape index (κ1) is 19.9. The lowest BCUT2D eigenvalue weighted by Crippen LogP contribution is -2.07. The van der Waals surface area contributed by atoms with E-state index in [2.05, 4.69) is 32.5 Å². The van der Waals surface area contributed by atoms with E-state index in [1.807, 2.05) is 56.3 Å². The Kier molecular flexibility index (Phi) is 6.42. The van der Waals surface area contributed by atoms with Crippen molar-refractivity contribution in [1.82, 2.24) is 9.97 Å². The molecule has 29 heavy (non-hydrogen) atoms. The molecule has 0 aliphatic carbocycles. The van der Waals surface area contributed by atoms with Gasteiger partial charge in [0.2, 0.25) is 11.9 Å². The van der Waals surface area contributed by atoms with Crippen molar-refractivity contribution in [2.75, 3.05) is 22.6 Å². The molecular weight excluding hydrogens is 366 g/mol. The summed E-state index contributed by atoms with van der Waals surface area (Å²) < 4.78 is 5.52. The van der Waals surface area contributed by atoms with Crippen molar-refractivity contribution in [3.8, 4) is 5.75 Å². The number of nitrogens with one attached hydrogen (secondary N) is 3. The van der Waals surface area contributed by atoms with Crippen LogP contribution in [0.3, 0.4) is 0 Å². The van der Waals surface area contributed by atoms with Gasteiger partial charge in [-0.1, -0.05) is 18.7 Å². The number of anilines is 5. The molecule has 148 valence electrons. The van der Waals surface area contributed by atoms with Gasteiger partial charge in [-0.05, 0) is 50.3 Å². The van der Waals surface area contributed by atoms with Gasteiger partial charge in [0.1, 0.15) is 11.6 Å². The molecule has 3 rings (SSSR count). The summed E-state index contributed by atoms with van der Waals surface area (Å²) in [4.78, 5) is 20.4. The maximum atomic E-state index is 11.5. The lowest BCUT2D eigenvalue weighted by molar-refractivity contribution is -0.111. The molecule has 0 saturated heterocycles. The van der Waals surface area contributed by atoms with Crippen LogP contribution in [-0.4, -0.2) is 22.5 Å². The Labute approximate surface area is 169 Å². The Balaban J connectivity index is 1.77. The number of hydrogen-bond acceptors (Lipinski definition) is 6. The molecule has 0 bridgehead atoms. The van der Waals surface area contributed by atoms with E-state index in [1.165, 1.54) is 6.08 Å². The van der Waals surface area contributed by atoms with Crippen molar-refractivity contribution in [1.29, 1.82) is 0 Å². The Bertz CT molecular complexity index is 1020. The number of ether oxygens (including phenoxy) is 1. The van der Waals surface area contributed by atoms with Crippen LogP contribution in [0.15, 0.2) is 67.4 Å². The van der Waals surface area contributed by atoms with Gasteiger partial charge in [-0.2, -0.15) is 4.98 Å². The van der Waals surface area contributed by atoms with Crippen LogP contribution in [0.1, 0.15) is 12.5 Å². The lowest BCUT2D eigenvalue weighted by Gasteiger charge is -2.12. The highest BCUT2D eigenvalue weighted by molar-refractivity contribution is 5.99. The molecule has 7 nitrogen and oxygen atoms in total. The van der Waals surface area contributed by atoms with Gasteiger partial charge in [-0.15, -0.1) is 0 Å². The zero-order chi connectivity index (χ0) is 20.6. The second-order valence-corrected chi connectivity index (χ2v) is 6.21. The lowest BCUT2D eigenvalue weighted by atomic mass is 10.2. The Morgan fingerprint density at radius 2 is 1.83 bits per heavy atom. The largest absolute Gasteiger partial charge is 0.494 e. The summed E-state index contributed by atoms with van der Waals surface area (Å²) in [7, 11) is 0. The summed E-state index contributed by atoms with van der Waals surface area (Å²) in [5.74, 6) is 1.64. The minimum Gasteiger partial charge on any atom is -0.494 e. The van der Waals surface area contributed by atoms with Gasteiger partial charge in [0, 0.05) is 34.9 Å². The summed E-state index contributed by atoms with van der Waals surface area (Å²) in [5.41, 5.74) is 3.18. The molecular formula is C22H23N5O2. The molecule has 0 aliphatic heterocycles. The van der Waals surface area contributed by atoms with E-state index < -0.39 is 0 Å². The number of carbonyl (C=O) groups is 1. The highest BCUT2D eigenvalue weighted by Gasteiger charge is 2.07. The van der Waals surface area contributed by atoms with E-state index in [9.17, 15) is 4.79 Å². The summed E-state index contributed by atoms with van der Waals surface area (Å²) in [6.07, 6.45) is 2.97. The average molecular weight is 389 g/mol. The van der Waals surface area contributed by atoms with E-state index in [4.69, 9.17) is 4.74 Å². The number of hydrogen-bond donors (Lipinski definition) is 3. The van der Waals surface area contributed by atoms with E-state index in [-0.39, 0.29) is 5.91 Å². The van der Waals surface area contributed by atoms with Crippen LogP contribution >= 0.6 is 0 Å². The Morgan fingerprint density at radius 3 is 2.59 bits per heavy atom. The molecule has 3 N–H and O–H groups in total. The maximum absolute atomic E-state index is 11.5. The number of aromatic nitrogens is 2. The first-order chi connectivity index (χ1) is 14.1. The zero-order valence-electron chi connectivity index (χ0n) is 16.4. The molecule has 1 heterocycles. The second-order valence-electron chi connectivity index (χ2n) is 6.21. The van der Waals surface area contributed by atoms with E-state index in [1.54, 1.807) is 12.3 Å². The number of rotatable bonds is 8. The molecule has 0 radical (unpaired) electrons. The van der Waals surface area contributed by atoms with Crippen LogP contribution < -0.4 is 20.7 Å². The molecule has 1 amide bonds. The smallest absolute Gasteiger partial charge is 0.247 e. The molecule has 1 aromatic heterocycles. The molecule has 0 aliphatic rings. The summed E-state index contributed by atoms with van der Waals surface area (Å²) in [6, 6.07) is 15.0. The molecule has 0 atom stereocenters. The number of benzene rings is 2. The van der Waals surface area contributed by atoms with Crippen LogP contribution in [0.5, 0.6) is 5.75 Å². The van der Waals surface area contributed by atoms with Crippen molar-refractivity contribution in [2.24, 2.45) is 0 Å². The standard InChI is InChI=1S/C22H23N5O2/c1-4-20(28)24-16-8-6-9-17(12-16)25-21-15(3)14-23-22(27-21)26-18-10-7-11-19(13-18)29-5-2/h4,6-14H,1,5H2,2-3H3,(H,24,28)(H2,23,25,26,27). The van der Waals surface area contributed by atoms with Gasteiger partial charge in [-0.25, -0.2) is 4.98 Å². The van der Waals surface area contributed by atoms with Gasteiger partial charge in [-0.3, -0.25) is 4.79 Å². The summed E-state index contributed by atoms with van der Waals surface area (Å²) in [5, 5.41) is 9.20. The van der Waals surface area contributed by atoms with E-state index in [0.717, 1.165) is 22.7 Å². The van der Waals surface area contributed by atoms with Crippen molar-refractivity contribution in [2.45, 2.75) is 13.8 Å². The molecule has 0 saturated carbocycles. The van der Waals surface area contributed by atoms with Crippen LogP contribution in [0.25, 0.3) is 0 Å². The quantitative estimate of drug-likeness (QED) is 0.480. The monoisotopic (exact) mass is 389 g/mol. The third-order valence-corrected chi connectivity index (χ3v) is 3.95. The fourth-order valence-electron chi connectivity index (χ4n) is 2.59. The SMILES string of the molecule is C=CC(=O)Nc1cccc(Nc2nc(Nc3cccc(OCC)c3)ncc2C)c1. The minimum absolute atomic E-state index is 0.263. The third kappa shape index (κ3) is 5.55. The van der Waals surface area contributed by atoms with E-state index >= 15 is 0 Å². The second kappa shape index (κ2) is 9.36. The molecule has 0 fully saturated rings. The van der Waals surface area contributed by atoms with Gasteiger partial charge >= 0.3 is 0 Å². The van der Waals surface area contributed by atoms with Crippen molar-refractivity contribution < 1.29 is 9.53 Å². The van der Waals surface area contributed by atoms with Gasteiger partial charge in [0.25, 0.3) is 0 Å². The predicted molar refractivity (Wildman–Crippen MR) is 116 cm³/mol. The Hall–Kier alpha value is -3.87. The fraction of sp³-hybridized carbons (Fsp3) is 0.136. The highest BCUT2D eigenvalue weighted by atomic mass is 16.5. The number of carbonyl (C=O) groups excluding carboxylic acids is 1. The number of aryl methyl sites for hydroxylation is 1. The molecule has 3 aromatic rings. The number of nitrogens with zero attached hydrogens (tertiary/aromatic N) is 2. The molecule has 7 heteroatoms. The summed E-state index contributed by atoms with van der Waals surface area (Å²) in [6.45, 7) is 7.93. The third-order valence-electron chi connectivity index (χ3n) is 3.95. The van der Waals surface area contributed by atoms with Crippen LogP contribution in [-0.2, 0) is 4.79 Å². The van der Waals surface area contributed by atoms with Crippen molar-refractivity contribution in [3.05, 3.63) is 72.9 Å². The zero-order valence-corrected chi connectivity index (χ0v) is 16.4. The maximum Gasteiger partial charge on any atom is 0.247 e. The van der Waals surface area contributed by atoms with Gasteiger partial charge in [0.05, 0.1) is 6.61 Å². The van der Waals surface area contributed by atoms with Crippen LogP contribution in [0, 0.1) is 6.92 Å². The normalized spacial score (nSPS) is 10.1. The Morgan fingerprint density at radius 1 is 1.10 bits per heavy atom. The van der Waals surface area contributed by atoms with Crippen LogP contribution in [0.4, 0.5) is 28.8 Å². The molecule has 0 spiro atoms. The van der Waals surface area contributed by atoms with E-state index in [0.29, 0.717) is 24.1 Å². The topological polar surface area (TPSA) is 88.2 Å².